The Kier molecular flexibility index (Phi) is 8.02. The minimum Gasteiger partial charge on any atom is -0.480 e. The van der Waals surface area contributed by atoms with Crippen molar-refractivity contribution in [2.45, 2.75) is 48.5 Å². The van der Waals surface area contributed by atoms with Gasteiger partial charge in [0.15, 0.2) is 0 Å². The molecule has 3 aromatic rings. The maximum atomic E-state index is 13.9. The Balaban J connectivity index is 1.65. The standard InChI is InChI=1S/C28H29ClN2O5S/c29-23-14-10-20(11-15-23)21-12-16-24(17-13-21)37(35,36)31(18-6-2-5-9-26(30)32)28(27(33)34)19-25(28)22-7-3-1-4-8-22/h1,3-4,7-8,10-17,25H,2,5-6,9,18-19H2,(H2,30,32)(H,33,34). The van der Waals surface area contributed by atoms with Gasteiger partial charge in [0.05, 0.1) is 4.90 Å². The summed E-state index contributed by atoms with van der Waals surface area (Å²) in [6.07, 6.45) is 1.87. The Hall–Kier alpha value is -3.20. The molecule has 0 radical (unpaired) electrons. The maximum absolute atomic E-state index is 13.9. The molecule has 0 aromatic heterocycles. The molecular formula is C28H29ClN2O5S. The number of benzene rings is 3. The Morgan fingerprint density at radius 3 is 2.08 bits per heavy atom. The van der Waals surface area contributed by atoms with E-state index < -0.39 is 33.4 Å². The molecule has 1 saturated carbocycles. The monoisotopic (exact) mass is 540 g/mol. The van der Waals surface area contributed by atoms with Crippen molar-refractivity contribution in [2.24, 2.45) is 5.73 Å². The van der Waals surface area contributed by atoms with Gasteiger partial charge >= 0.3 is 5.97 Å². The highest BCUT2D eigenvalue weighted by molar-refractivity contribution is 7.89. The molecule has 0 heterocycles. The van der Waals surface area contributed by atoms with Crippen LogP contribution in [0.3, 0.4) is 0 Å². The molecular weight excluding hydrogens is 512 g/mol. The van der Waals surface area contributed by atoms with Crippen LogP contribution in [-0.2, 0) is 19.6 Å². The molecule has 2 atom stereocenters. The lowest BCUT2D eigenvalue weighted by Gasteiger charge is -2.29. The second kappa shape index (κ2) is 11.0. The molecule has 37 heavy (non-hydrogen) atoms. The Morgan fingerprint density at radius 1 is 0.919 bits per heavy atom. The zero-order valence-corrected chi connectivity index (χ0v) is 21.8. The van der Waals surface area contributed by atoms with Gasteiger partial charge in [-0.05, 0) is 60.2 Å². The van der Waals surface area contributed by atoms with E-state index in [1.165, 1.54) is 12.1 Å². The van der Waals surface area contributed by atoms with E-state index in [9.17, 15) is 23.1 Å². The second-order valence-corrected chi connectivity index (χ2v) is 11.6. The van der Waals surface area contributed by atoms with Crippen LogP contribution in [0.2, 0.25) is 5.02 Å². The van der Waals surface area contributed by atoms with Gasteiger partial charge in [-0.25, -0.2) is 8.42 Å². The van der Waals surface area contributed by atoms with Crippen LogP contribution in [0.25, 0.3) is 11.1 Å². The first-order valence-corrected chi connectivity index (χ1v) is 13.9. The van der Waals surface area contributed by atoms with Gasteiger partial charge < -0.3 is 10.8 Å². The molecule has 1 aliphatic rings. The minimum absolute atomic E-state index is 0.0235. The first-order valence-electron chi connectivity index (χ1n) is 12.1. The number of amides is 1. The number of halogens is 1. The first kappa shape index (κ1) is 26.9. The van der Waals surface area contributed by atoms with Crippen LogP contribution < -0.4 is 5.73 Å². The van der Waals surface area contributed by atoms with E-state index in [0.29, 0.717) is 24.3 Å². The second-order valence-electron chi connectivity index (χ2n) is 9.28. The van der Waals surface area contributed by atoms with Gasteiger partial charge in [0.2, 0.25) is 15.9 Å². The fourth-order valence-electron chi connectivity index (χ4n) is 4.80. The molecule has 7 nitrogen and oxygen atoms in total. The molecule has 9 heteroatoms. The van der Waals surface area contributed by atoms with E-state index in [2.05, 4.69) is 0 Å². The van der Waals surface area contributed by atoms with Crippen molar-refractivity contribution in [1.29, 1.82) is 0 Å². The van der Waals surface area contributed by atoms with Gasteiger partial charge in [-0.15, -0.1) is 0 Å². The van der Waals surface area contributed by atoms with Gasteiger partial charge in [-0.3, -0.25) is 9.59 Å². The molecule has 2 unspecified atom stereocenters. The lowest BCUT2D eigenvalue weighted by atomic mass is 10.1. The zero-order valence-electron chi connectivity index (χ0n) is 20.2. The number of hydrogen-bond donors (Lipinski definition) is 2. The number of unbranched alkanes of at least 4 members (excludes halogenated alkanes) is 2. The van der Waals surface area contributed by atoms with Crippen molar-refractivity contribution in [3.8, 4) is 11.1 Å². The highest BCUT2D eigenvalue weighted by atomic mass is 35.5. The van der Waals surface area contributed by atoms with E-state index >= 15 is 0 Å². The molecule has 1 aliphatic carbocycles. The van der Waals surface area contributed by atoms with Crippen LogP contribution in [0.5, 0.6) is 0 Å². The number of primary amides is 1. The van der Waals surface area contributed by atoms with Crippen molar-refractivity contribution in [3.05, 3.63) is 89.4 Å². The number of carbonyl (C=O) groups is 2. The zero-order chi connectivity index (χ0) is 26.6. The van der Waals surface area contributed by atoms with Crippen molar-refractivity contribution >= 4 is 33.5 Å². The smallest absolute Gasteiger partial charge is 0.325 e. The SMILES string of the molecule is NC(=O)CCCCCN(C1(C(=O)O)CC1c1ccccc1)S(=O)(=O)c1ccc(-c2ccc(Cl)cc2)cc1. The fraction of sp³-hybridized carbons (Fsp3) is 0.286. The number of rotatable bonds is 12. The van der Waals surface area contributed by atoms with Crippen LogP contribution in [-0.4, -0.2) is 41.8 Å². The van der Waals surface area contributed by atoms with Crippen molar-refractivity contribution in [1.82, 2.24) is 4.31 Å². The summed E-state index contributed by atoms with van der Waals surface area (Å²) in [4.78, 5) is 23.8. The third-order valence-corrected chi connectivity index (χ3v) is 9.06. The minimum atomic E-state index is -4.15. The number of aliphatic carboxylic acids is 1. The van der Waals surface area contributed by atoms with Crippen molar-refractivity contribution in [3.63, 3.8) is 0 Å². The quantitative estimate of drug-likeness (QED) is 0.311. The fourth-order valence-corrected chi connectivity index (χ4v) is 6.74. The molecule has 3 N–H and O–H groups in total. The number of hydrogen-bond acceptors (Lipinski definition) is 4. The summed E-state index contributed by atoms with van der Waals surface area (Å²) >= 11 is 5.97. The topological polar surface area (TPSA) is 118 Å². The molecule has 3 aromatic carbocycles. The van der Waals surface area contributed by atoms with Crippen LogP contribution in [0.1, 0.15) is 43.6 Å². The molecule has 0 bridgehead atoms. The molecule has 0 aliphatic heterocycles. The lowest BCUT2D eigenvalue weighted by molar-refractivity contribution is -0.143. The molecule has 0 saturated heterocycles. The molecule has 4 rings (SSSR count). The summed E-state index contributed by atoms with van der Waals surface area (Å²) < 4.78 is 29.0. The van der Waals surface area contributed by atoms with Gasteiger partial charge in [-0.2, -0.15) is 4.31 Å². The van der Waals surface area contributed by atoms with Crippen molar-refractivity contribution < 1.29 is 23.1 Å². The Bertz CT molecular complexity index is 1360. The molecule has 194 valence electrons. The summed E-state index contributed by atoms with van der Waals surface area (Å²) in [5.74, 6) is -2.04. The first-order chi connectivity index (χ1) is 17.7. The highest BCUT2D eigenvalue weighted by Gasteiger charge is 2.67. The largest absolute Gasteiger partial charge is 0.480 e. The van der Waals surface area contributed by atoms with Crippen LogP contribution in [0.15, 0.2) is 83.8 Å². The number of carboxylic acids is 1. The van der Waals surface area contributed by atoms with Gasteiger partial charge in [0.1, 0.15) is 5.54 Å². The average Bonchev–Trinajstić information content (AvgIpc) is 3.64. The summed E-state index contributed by atoms with van der Waals surface area (Å²) in [6, 6.07) is 22.8. The summed E-state index contributed by atoms with van der Waals surface area (Å²) in [6.45, 7) is 0.0235. The van der Waals surface area contributed by atoms with Crippen LogP contribution in [0, 0.1) is 0 Å². The van der Waals surface area contributed by atoms with Gasteiger partial charge in [-0.1, -0.05) is 72.6 Å². The third-order valence-electron chi connectivity index (χ3n) is 6.85. The van der Waals surface area contributed by atoms with Gasteiger partial charge in [0, 0.05) is 23.9 Å². The summed E-state index contributed by atoms with van der Waals surface area (Å²) in [5.41, 5.74) is 6.13. The number of nitrogens with zero attached hydrogens (tertiary/aromatic N) is 1. The summed E-state index contributed by atoms with van der Waals surface area (Å²) in [5, 5.41) is 10.9. The predicted molar refractivity (Wildman–Crippen MR) is 143 cm³/mol. The summed E-state index contributed by atoms with van der Waals surface area (Å²) in [7, 11) is -4.15. The number of sulfonamides is 1. The highest BCUT2D eigenvalue weighted by Crippen LogP contribution is 2.57. The van der Waals surface area contributed by atoms with Crippen molar-refractivity contribution in [2.75, 3.05) is 6.54 Å². The number of nitrogens with two attached hydrogens (primary N) is 1. The number of carbonyl (C=O) groups excluding carboxylic acids is 1. The Labute approximate surface area is 221 Å². The van der Waals surface area contributed by atoms with E-state index in [-0.39, 0.29) is 24.3 Å². The van der Waals surface area contributed by atoms with E-state index in [1.54, 1.807) is 24.3 Å². The predicted octanol–water partition coefficient (Wildman–Crippen LogP) is 5.05. The normalized spacial score (nSPS) is 19.0. The third kappa shape index (κ3) is 5.71. The molecule has 1 amide bonds. The maximum Gasteiger partial charge on any atom is 0.325 e. The molecule has 1 fully saturated rings. The van der Waals surface area contributed by atoms with Crippen LogP contribution in [0.4, 0.5) is 0 Å². The lowest BCUT2D eigenvalue weighted by Crippen LogP contribution is -2.48. The number of carboxylic acid groups (broad SMARTS) is 1. The van der Waals surface area contributed by atoms with Crippen LogP contribution >= 0.6 is 11.6 Å². The van der Waals surface area contributed by atoms with E-state index in [0.717, 1.165) is 21.0 Å². The van der Waals surface area contributed by atoms with E-state index in [4.69, 9.17) is 17.3 Å². The van der Waals surface area contributed by atoms with E-state index in [1.807, 2.05) is 42.5 Å². The molecule has 0 spiro atoms. The average molecular weight is 541 g/mol. The Morgan fingerprint density at radius 2 is 1.51 bits per heavy atom. The van der Waals surface area contributed by atoms with Gasteiger partial charge in [0.25, 0.3) is 0 Å².